The first-order valence-electron chi connectivity index (χ1n) is 11.2. The predicted octanol–water partition coefficient (Wildman–Crippen LogP) is 3.41. The van der Waals surface area contributed by atoms with E-state index in [0.717, 1.165) is 45.4 Å². The molecule has 6 nitrogen and oxygen atoms in total. The highest BCUT2D eigenvalue weighted by Crippen LogP contribution is 2.36. The van der Waals surface area contributed by atoms with E-state index in [2.05, 4.69) is 65.8 Å². The van der Waals surface area contributed by atoms with E-state index in [-0.39, 0.29) is 24.0 Å². The van der Waals surface area contributed by atoms with E-state index in [1.807, 2.05) is 11.3 Å². The van der Waals surface area contributed by atoms with E-state index < -0.39 is 0 Å². The Bertz CT molecular complexity index is 629. The third-order valence-corrected chi connectivity index (χ3v) is 7.16. The predicted molar refractivity (Wildman–Crippen MR) is 138 cm³/mol. The largest absolute Gasteiger partial charge is 0.379 e. The highest BCUT2D eigenvalue weighted by Gasteiger charge is 2.31. The molecule has 0 radical (unpaired) electrons. The minimum Gasteiger partial charge on any atom is -0.379 e. The summed E-state index contributed by atoms with van der Waals surface area (Å²) in [4.78, 5) is 11.4. The Morgan fingerprint density at radius 3 is 2.90 bits per heavy atom. The Hall–Kier alpha value is -0.420. The van der Waals surface area contributed by atoms with Crippen LogP contribution in [0.5, 0.6) is 0 Å². The Morgan fingerprint density at radius 2 is 2.20 bits per heavy atom. The monoisotopic (exact) mass is 549 g/mol. The van der Waals surface area contributed by atoms with E-state index in [1.165, 1.54) is 24.3 Å². The van der Waals surface area contributed by atoms with Gasteiger partial charge in [-0.25, -0.2) is 0 Å². The van der Waals surface area contributed by atoms with Crippen LogP contribution in [0.2, 0.25) is 0 Å². The van der Waals surface area contributed by atoms with Crippen molar-refractivity contribution in [2.24, 2.45) is 10.9 Å². The van der Waals surface area contributed by atoms with Crippen LogP contribution in [0, 0.1) is 5.92 Å². The van der Waals surface area contributed by atoms with E-state index >= 15 is 0 Å². The Morgan fingerprint density at radius 1 is 1.37 bits per heavy atom. The van der Waals surface area contributed by atoms with Crippen LogP contribution in [0.1, 0.15) is 44.5 Å². The number of halogens is 1. The summed E-state index contributed by atoms with van der Waals surface area (Å²) >= 11 is 1.88. The van der Waals surface area contributed by atoms with Crippen molar-refractivity contribution in [3.05, 3.63) is 22.4 Å². The van der Waals surface area contributed by atoms with Gasteiger partial charge in [-0.05, 0) is 64.6 Å². The van der Waals surface area contributed by atoms with Crippen LogP contribution >= 0.6 is 35.3 Å². The maximum atomic E-state index is 5.58. The van der Waals surface area contributed by atoms with Gasteiger partial charge in [0.05, 0.1) is 19.8 Å². The molecule has 4 atom stereocenters. The molecule has 172 valence electrons. The first-order chi connectivity index (χ1) is 14.1. The number of ether oxygens (including phenoxy) is 1. The second-order valence-corrected chi connectivity index (χ2v) is 9.43. The van der Waals surface area contributed by atoms with Crippen molar-refractivity contribution in [1.29, 1.82) is 0 Å². The molecule has 2 fully saturated rings. The molecule has 0 amide bonds. The van der Waals surface area contributed by atoms with Gasteiger partial charge >= 0.3 is 0 Å². The number of guanidine groups is 1. The summed E-state index contributed by atoms with van der Waals surface area (Å²) in [6.07, 6.45) is 2.53. The number of nitrogens with zero attached hydrogens (tertiary/aromatic N) is 3. The lowest BCUT2D eigenvalue weighted by Crippen LogP contribution is -2.50. The molecule has 2 N–H and O–H groups in total. The summed E-state index contributed by atoms with van der Waals surface area (Å²) in [5, 5.41) is 9.28. The lowest BCUT2D eigenvalue weighted by atomic mass is 9.88. The zero-order valence-electron chi connectivity index (χ0n) is 19.0. The van der Waals surface area contributed by atoms with Crippen LogP contribution in [-0.4, -0.2) is 80.8 Å². The van der Waals surface area contributed by atoms with Crippen LogP contribution in [0.4, 0.5) is 0 Å². The fourth-order valence-electron chi connectivity index (χ4n) is 4.68. The number of aliphatic imine (C=N–C) groups is 1. The summed E-state index contributed by atoms with van der Waals surface area (Å²) in [7, 11) is 2.26. The molecule has 0 aliphatic carbocycles. The van der Waals surface area contributed by atoms with Crippen molar-refractivity contribution in [2.75, 3.05) is 53.0 Å². The van der Waals surface area contributed by atoms with E-state index in [0.29, 0.717) is 24.0 Å². The Labute approximate surface area is 203 Å². The molecule has 2 aliphatic heterocycles. The number of rotatable bonds is 7. The van der Waals surface area contributed by atoms with Gasteiger partial charge in [-0.3, -0.25) is 14.8 Å². The number of piperidine rings is 1. The highest BCUT2D eigenvalue weighted by molar-refractivity contribution is 14.0. The van der Waals surface area contributed by atoms with Crippen LogP contribution < -0.4 is 10.6 Å². The summed E-state index contributed by atoms with van der Waals surface area (Å²) in [5.41, 5.74) is 0. The molecular formula is C22H40IN5OS. The molecule has 4 unspecified atom stereocenters. The smallest absolute Gasteiger partial charge is 0.191 e. The van der Waals surface area contributed by atoms with Gasteiger partial charge in [-0.1, -0.05) is 6.07 Å². The summed E-state index contributed by atoms with van der Waals surface area (Å²) in [6, 6.07) is 5.85. The molecule has 1 aromatic rings. The van der Waals surface area contributed by atoms with Gasteiger partial charge in [0.15, 0.2) is 5.96 Å². The minimum atomic E-state index is 0. The SMILES string of the molecule is CCNC(=NCC(C)N1CCOCC1C)NCC1CCCN(C)C1c1cccs1.I. The summed E-state index contributed by atoms with van der Waals surface area (Å²) in [6.45, 7) is 13.1. The molecular weight excluding hydrogens is 509 g/mol. The topological polar surface area (TPSA) is 52.1 Å². The molecule has 2 aliphatic rings. The van der Waals surface area contributed by atoms with Gasteiger partial charge in [0.25, 0.3) is 0 Å². The van der Waals surface area contributed by atoms with Crippen molar-refractivity contribution >= 4 is 41.3 Å². The lowest BCUT2D eigenvalue weighted by molar-refractivity contribution is -0.0165. The highest BCUT2D eigenvalue weighted by atomic mass is 127. The summed E-state index contributed by atoms with van der Waals surface area (Å²) in [5.74, 6) is 1.55. The van der Waals surface area contributed by atoms with Crippen molar-refractivity contribution < 1.29 is 4.74 Å². The van der Waals surface area contributed by atoms with Gasteiger partial charge in [0.1, 0.15) is 0 Å². The molecule has 30 heavy (non-hydrogen) atoms. The van der Waals surface area contributed by atoms with Crippen molar-refractivity contribution in [3.8, 4) is 0 Å². The van der Waals surface area contributed by atoms with Crippen LogP contribution in [0.25, 0.3) is 0 Å². The fourth-order valence-corrected chi connectivity index (χ4v) is 5.66. The third-order valence-electron chi connectivity index (χ3n) is 6.22. The molecule has 3 heterocycles. The zero-order chi connectivity index (χ0) is 20.6. The van der Waals surface area contributed by atoms with Gasteiger partial charge in [0, 0.05) is 42.6 Å². The van der Waals surface area contributed by atoms with Crippen molar-refractivity contribution in [1.82, 2.24) is 20.4 Å². The minimum absolute atomic E-state index is 0. The molecule has 3 rings (SSSR count). The lowest BCUT2D eigenvalue weighted by Gasteiger charge is -2.39. The molecule has 0 bridgehead atoms. The average Bonchev–Trinajstić information content (AvgIpc) is 3.24. The van der Waals surface area contributed by atoms with Gasteiger partial charge in [-0.2, -0.15) is 0 Å². The normalized spacial score (nSPS) is 27.3. The second-order valence-electron chi connectivity index (χ2n) is 8.45. The van der Waals surface area contributed by atoms with E-state index in [4.69, 9.17) is 9.73 Å². The molecule has 1 aromatic heterocycles. The number of thiophene rings is 1. The van der Waals surface area contributed by atoms with Gasteiger partial charge < -0.3 is 15.4 Å². The quantitative estimate of drug-likeness (QED) is 0.310. The van der Waals surface area contributed by atoms with Crippen molar-refractivity contribution in [2.45, 2.75) is 51.7 Å². The Balaban J connectivity index is 0.00000320. The molecule has 0 spiro atoms. The van der Waals surface area contributed by atoms with Crippen molar-refractivity contribution in [3.63, 3.8) is 0 Å². The first-order valence-corrected chi connectivity index (χ1v) is 12.1. The number of nitrogens with one attached hydrogen (secondary N) is 2. The third kappa shape index (κ3) is 7.05. The van der Waals surface area contributed by atoms with Gasteiger partial charge in [0.2, 0.25) is 0 Å². The molecule has 2 saturated heterocycles. The molecule has 0 saturated carbocycles. The van der Waals surface area contributed by atoms with Crippen LogP contribution in [0.3, 0.4) is 0 Å². The fraction of sp³-hybridized carbons (Fsp3) is 0.773. The maximum Gasteiger partial charge on any atom is 0.191 e. The van der Waals surface area contributed by atoms with E-state index in [9.17, 15) is 0 Å². The number of likely N-dealkylation sites (tertiary alicyclic amines) is 1. The second kappa shape index (κ2) is 13.2. The number of morpholine rings is 1. The maximum absolute atomic E-state index is 5.58. The zero-order valence-corrected chi connectivity index (χ0v) is 22.1. The first kappa shape index (κ1) is 25.8. The summed E-state index contributed by atoms with van der Waals surface area (Å²) < 4.78 is 5.58. The van der Waals surface area contributed by atoms with Crippen LogP contribution in [-0.2, 0) is 4.74 Å². The number of hydrogen-bond acceptors (Lipinski definition) is 5. The van der Waals surface area contributed by atoms with Crippen LogP contribution in [0.15, 0.2) is 22.5 Å². The average molecular weight is 550 g/mol. The standard InChI is InChI=1S/C22H39N5OS.HI/c1-5-23-22(24-14-17(2)27-11-12-28-16-18(27)3)25-15-19-8-6-10-26(4)21(19)20-9-7-13-29-20;/h7,9,13,17-19,21H,5-6,8,10-12,14-16H2,1-4H3,(H2,23,24,25);1H. The van der Waals surface area contributed by atoms with Gasteiger partial charge in [-0.15, -0.1) is 35.3 Å². The van der Waals surface area contributed by atoms with E-state index in [1.54, 1.807) is 0 Å². The number of hydrogen-bond donors (Lipinski definition) is 2. The molecule has 0 aromatic carbocycles. The Kier molecular flexibility index (Phi) is 11.4. The molecule has 8 heteroatoms.